The minimum atomic E-state index is 0.441. The zero-order valence-electron chi connectivity index (χ0n) is 9.46. The summed E-state index contributed by atoms with van der Waals surface area (Å²) in [4.78, 5) is 12.0. The molecule has 0 aromatic carbocycles. The van der Waals surface area contributed by atoms with E-state index >= 15 is 0 Å². The highest BCUT2D eigenvalue weighted by molar-refractivity contribution is 5.81. The van der Waals surface area contributed by atoms with Gasteiger partial charge in [0, 0.05) is 12.3 Å². The van der Waals surface area contributed by atoms with E-state index in [1.807, 2.05) is 0 Å². The van der Waals surface area contributed by atoms with Crippen LogP contribution in [0.1, 0.15) is 52.4 Å². The second-order valence-electron chi connectivity index (χ2n) is 5.70. The third-order valence-electron chi connectivity index (χ3n) is 3.99. The number of hydrogen-bond donors (Lipinski definition) is 0. The van der Waals surface area contributed by atoms with Crippen molar-refractivity contribution in [3.05, 3.63) is 0 Å². The number of hydrogen-bond acceptors (Lipinski definition) is 1. The largest absolute Gasteiger partial charge is 0.299 e. The molecule has 3 aliphatic rings. The van der Waals surface area contributed by atoms with Gasteiger partial charge in [-0.2, -0.15) is 0 Å². The van der Waals surface area contributed by atoms with E-state index in [2.05, 4.69) is 13.8 Å². The van der Waals surface area contributed by atoms with Crippen molar-refractivity contribution in [1.29, 1.82) is 0 Å². The molecule has 3 aliphatic carbocycles. The van der Waals surface area contributed by atoms with Crippen LogP contribution in [0.5, 0.6) is 0 Å². The zero-order valence-corrected chi connectivity index (χ0v) is 9.46. The van der Waals surface area contributed by atoms with E-state index in [1.165, 1.54) is 32.1 Å². The molecule has 1 atom stereocenters. The van der Waals surface area contributed by atoms with Gasteiger partial charge in [0.2, 0.25) is 0 Å². The van der Waals surface area contributed by atoms with E-state index in [-0.39, 0.29) is 0 Å². The first-order valence-electron chi connectivity index (χ1n) is 6.19. The SMILES string of the molecule is CC(C)CC(=O)C1CCCC2CC1C2. The van der Waals surface area contributed by atoms with Gasteiger partial charge in [-0.15, -0.1) is 0 Å². The molecule has 0 N–H and O–H groups in total. The molecule has 0 saturated heterocycles. The zero-order chi connectivity index (χ0) is 10.1. The number of rotatable bonds is 3. The molecule has 0 aliphatic heterocycles. The van der Waals surface area contributed by atoms with Crippen molar-refractivity contribution >= 4 is 5.78 Å². The van der Waals surface area contributed by atoms with Crippen LogP contribution in [0.25, 0.3) is 0 Å². The predicted molar refractivity (Wildman–Crippen MR) is 58.0 cm³/mol. The fourth-order valence-electron chi connectivity index (χ4n) is 3.19. The maximum absolute atomic E-state index is 12.0. The van der Waals surface area contributed by atoms with Crippen LogP contribution in [0, 0.1) is 23.7 Å². The first-order valence-corrected chi connectivity index (χ1v) is 6.19. The molecule has 0 radical (unpaired) electrons. The summed E-state index contributed by atoms with van der Waals surface area (Å²) in [5.41, 5.74) is 0. The predicted octanol–water partition coefficient (Wildman–Crippen LogP) is 3.43. The van der Waals surface area contributed by atoms with Gasteiger partial charge in [0.15, 0.2) is 0 Å². The molecule has 14 heavy (non-hydrogen) atoms. The van der Waals surface area contributed by atoms with E-state index < -0.39 is 0 Å². The molecule has 0 spiro atoms. The Morgan fingerprint density at radius 2 is 2.00 bits per heavy atom. The van der Waals surface area contributed by atoms with Gasteiger partial charge in [-0.05, 0) is 37.0 Å². The van der Waals surface area contributed by atoms with E-state index in [1.54, 1.807) is 0 Å². The summed E-state index contributed by atoms with van der Waals surface area (Å²) in [5.74, 6) is 3.30. The minimum absolute atomic E-state index is 0.441. The monoisotopic (exact) mass is 194 g/mol. The third kappa shape index (κ3) is 2.02. The van der Waals surface area contributed by atoms with Crippen molar-refractivity contribution in [2.45, 2.75) is 52.4 Å². The number of carbonyl (C=O) groups is 1. The molecule has 3 fully saturated rings. The normalized spacial score (nSPS) is 36.4. The Morgan fingerprint density at radius 1 is 1.29 bits per heavy atom. The second kappa shape index (κ2) is 4.04. The molecule has 0 heterocycles. The Hall–Kier alpha value is -0.330. The Balaban J connectivity index is 1.92. The first-order chi connectivity index (χ1) is 6.66. The average Bonchev–Trinajstić information content (AvgIpc) is 2.31. The number of fused-ring (bicyclic) bond motifs is 3. The number of ketones is 1. The third-order valence-corrected chi connectivity index (χ3v) is 3.99. The Labute approximate surface area is 87.3 Å². The summed E-state index contributed by atoms with van der Waals surface area (Å²) in [6, 6.07) is 0. The Kier molecular flexibility index (Phi) is 2.94. The van der Waals surface area contributed by atoms with Crippen molar-refractivity contribution < 1.29 is 4.79 Å². The maximum Gasteiger partial charge on any atom is 0.136 e. The van der Waals surface area contributed by atoms with Crippen molar-refractivity contribution in [3.8, 4) is 0 Å². The molecule has 1 unspecified atom stereocenters. The smallest absolute Gasteiger partial charge is 0.136 e. The summed E-state index contributed by atoms with van der Waals surface area (Å²) in [6.07, 6.45) is 7.40. The molecular formula is C13H22O. The molecular weight excluding hydrogens is 172 g/mol. The standard InChI is InChI=1S/C13H22O/c1-9(2)6-13(14)12-5-3-4-10-7-11(12)8-10/h9-12H,3-8H2,1-2H3. The summed E-state index contributed by atoms with van der Waals surface area (Å²) in [7, 11) is 0. The number of carbonyl (C=O) groups excluding carboxylic acids is 1. The first kappa shape index (κ1) is 10.2. The maximum atomic E-state index is 12.0. The van der Waals surface area contributed by atoms with Gasteiger partial charge in [0.25, 0.3) is 0 Å². The Bertz CT molecular complexity index is 213. The van der Waals surface area contributed by atoms with E-state index in [4.69, 9.17) is 0 Å². The van der Waals surface area contributed by atoms with Gasteiger partial charge in [0.05, 0.1) is 0 Å². The summed E-state index contributed by atoms with van der Waals surface area (Å²) in [5, 5.41) is 0. The van der Waals surface area contributed by atoms with Gasteiger partial charge in [-0.1, -0.05) is 26.7 Å². The molecule has 3 rings (SSSR count). The van der Waals surface area contributed by atoms with Crippen LogP contribution in [-0.2, 0) is 4.79 Å². The van der Waals surface area contributed by atoms with Gasteiger partial charge < -0.3 is 0 Å². The van der Waals surface area contributed by atoms with Crippen LogP contribution in [0.2, 0.25) is 0 Å². The van der Waals surface area contributed by atoms with Crippen LogP contribution in [-0.4, -0.2) is 5.78 Å². The minimum Gasteiger partial charge on any atom is -0.299 e. The molecule has 0 amide bonds. The highest BCUT2D eigenvalue weighted by Crippen LogP contribution is 2.47. The molecule has 0 aromatic heterocycles. The molecule has 0 aromatic rings. The van der Waals surface area contributed by atoms with Crippen LogP contribution in [0.15, 0.2) is 0 Å². The highest BCUT2D eigenvalue weighted by atomic mass is 16.1. The van der Waals surface area contributed by atoms with E-state index in [0.29, 0.717) is 17.6 Å². The van der Waals surface area contributed by atoms with Crippen LogP contribution in [0.4, 0.5) is 0 Å². The van der Waals surface area contributed by atoms with E-state index in [9.17, 15) is 4.79 Å². The van der Waals surface area contributed by atoms with E-state index in [0.717, 1.165) is 18.3 Å². The quantitative estimate of drug-likeness (QED) is 0.672. The fourth-order valence-corrected chi connectivity index (χ4v) is 3.19. The van der Waals surface area contributed by atoms with Crippen LogP contribution in [0.3, 0.4) is 0 Å². The molecule has 2 bridgehead atoms. The molecule has 1 heteroatoms. The Morgan fingerprint density at radius 3 is 2.64 bits per heavy atom. The number of Topliss-reactive ketones (excluding diaryl/α,β-unsaturated/α-hetero) is 1. The van der Waals surface area contributed by atoms with Crippen molar-refractivity contribution in [2.75, 3.05) is 0 Å². The fraction of sp³-hybridized carbons (Fsp3) is 0.923. The second-order valence-corrected chi connectivity index (χ2v) is 5.70. The van der Waals surface area contributed by atoms with Gasteiger partial charge in [-0.25, -0.2) is 0 Å². The van der Waals surface area contributed by atoms with Crippen molar-refractivity contribution in [3.63, 3.8) is 0 Å². The molecule has 80 valence electrons. The summed E-state index contributed by atoms with van der Waals surface area (Å²) >= 11 is 0. The molecule has 1 nitrogen and oxygen atoms in total. The highest BCUT2D eigenvalue weighted by Gasteiger charge is 2.40. The van der Waals surface area contributed by atoms with Gasteiger partial charge in [0.1, 0.15) is 5.78 Å². The lowest BCUT2D eigenvalue weighted by molar-refractivity contribution is -0.126. The van der Waals surface area contributed by atoms with Gasteiger partial charge in [-0.3, -0.25) is 4.79 Å². The summed E-state index contributed by atoms with van der Waals surface area (Å²) < 4.78 is 0. The van der Waals surface area contributed by atoms with Gasteiger partial charge >= 0.3 is 0 Å². The molecule has 3 saturated carbocycles. The average molecular weight is 194 g/mol. The van der Waals surface area contributed by atoms with Crippen LogP contribution < -0.4 is 0 Å². The lowest BCUT2D eigenvalue weighted by atomic mass is 9.68. The summed E-state index contributed by atoms with van der Waals surface area (Å²) in [6.45, 7) is 4.30. The van der Waals surface area contributed by atoms with Crippen molar-refractivity contribution in [1.82, 2.24) is 0 Å². The van der Waals surface area contributed by atoms with Crippen LogP contribution >= 0.6 is 0 Å². The van der Waals surface area contributed by atoms with Crippen molar-refractivity contribution in [2.24, 2.45) is 23.7 Å². The topological polar surface area (TPSA) is 17.1 Å². The lowest BCUT2D eigenvalue weighted by Crippen LogP contribution is -2.32. The lowest BCUT2D eigenvalue weighted by Gasteiger charge is -2.36.